The summed E-state index contributed by atoms with van der Waals surface area (Å²) in [6.45, 7) is 2.29. The zero-order chi connectivity index (χ0) is 30.3. The van der Waals surface area contributed by atoms with Crippen LogP contribution in [0.3, 0.4) is 0 Å². The topological polar surface area (TPSA) is 158 Å². The van der Waals surface area contributed by atoms with Crippen LogP contribution in [-0.4, -0.2) is 40.6 Å². The summed E-state index contributed by atoms with van der Waals surface area (Å²) >= 11 is 0. The second kappa shape index (κ2) is 14.0. The van der Waals surface area contributed by atoms with Gasteiger partial charge in [-0.05, 0) is 89.3 Å². The van der Waals surface area contributed by atoms with Crippen molar-refractivity contribution in [1.82, 2.24) is 4.98 Å². The maximum absolute atomic E-state index is 12.0. The molecule has 0 aliphatic heterocycles. The van der Waals surface area contributed by atoms with Gasteiger partial charge in [-0.25, -0.2) is 9.79 Å². The Morgan fingerprint density at radius 1 is 1.14 bits per heavy atom. The lowest BCUT2D eigenvalue weighted by atomic mass is 9.58. The molecule has 6 atom stereocenters. The minimum absolute atomic E-state index is 0.0762. The molecule has 0 unspecified atom stereocenters. The summed E-state index contributed by atoms with van der Waals surface area (Å²) in [4.78, 5) is 19.3. The zero-order valence-corrected chi connectivity index (χ0v) is 25.0. The number of nitrogens with two attached hydrogens (primary N) is 3. The molecule has 0 fully saturated rings. The van der Waals surface area contributed by atoms with E-state index >= 15 is 0 Å². The molecule has 2 aromatic carbocycles. The standard InChI is InChI=1S/C35H45N6O2/c1-2-3-9-28(36)14-13-22-11-12-25-17-26-16-23-7-4-5-8-24(23)18-29(26)34(22)30(25)20-31(41-32-10-6-15-39-32)27(19-33(42)43)21-40-35(37)38/h4-8,10-12,15-16,18-19,22,25,28,30-31,34,39H,2-3,9,13-14,17,20-21,36H2,1H3,(H,42,43)(H4,37,38,40)/q-1/b27-19+/t22-,25+,28-,30+,31+,34-/m0/s1. The van der Waals surface area contributed by atoms with E-state index in [1.807, 2.05) is 18.3 Å². The third-order valence-electron chi connectivity index (χ3n) is 9.25. The molecule has 3 aromatic rings. The van der Waals surface area contributed by atoms with Crippen LogP contribution in [-0.2, 0) is 11.2 Å². The van der Waals surface area contributed by atoms with E-state index < -0.39 is 12.0 Å². The second-order valence-corrected chi connectivity index (χ2v) is 12.2. The Morgan fingerprint density at radius 2 is 1.93 bits per heavy atom. The van der Waals surface area contributed by atoms with Crippen LogP contribution in [0.5, 0.6) is 0 Å². The first-order valence-corrected chi connectivity index (χ1v) is 15.6. The number of unbranched alkanes of at least 4 members (excludes halogenated alkanes) is 1. The van der Waals surface area contributed by atoms with E-state index in [0.29, 0.717) is 29.6 Å². The number of nitrogens with zero attached hydrogens (tertiary/aromatic N) is 2. The highest BCUT2D eigenvalue weighted by molar-refractivity contribution is 5.84. The molecule has 2 aliphatic rings. The van der Waals surface area contributed by atoms with E-state index in [2.05, 4.69) is 65.5 Å². The van der Waals surface area contributed by atoms with Gasteiger partial charge in [-0.1, -0.05) is 92.5 Å². The molecule has 8 nitrogen and oxygen atoms in total. The summed E-state index contributed by atoms with van der Waals surface area (Å²) in [5.74, 6) is 0.781. The van der Waals surface area contributed by atoms with E-state index in [4.69, 9.17) is 22.5 Å². The van der Waals surface area contributed by atoms with Gasteiger partial charge in [0.25, 0.3) is 0 Å². The van der Waals surface area contributed by atoms with Crippen molar-refractivity contribution in [2.45, 2.75) is 69.9 Å². The number of aliphatic carboxylic acids is 1. The molecular formula is C35H45N6O2-. The molecule has 0 saturated carbocycles. The van der Waals surface area contributed by atoms with Crippen molar-refractivity contribution >= 4 is 28.5 Å². The van der Waals surface area contributed by atoms with Crippen molar-refractivity contribution in [3.05, 3.63) is 95.0 Å². The van der Waals surface area contributed by atoms with Crippen LogP contribution in [0.1, 0.15) is 62.5 Å². The van der Waals surface area contributed by atoms with Crippen LogP contribution in [0, 0.1) is 17.8 Å². The highest BCUT2D eigenvalue weighted by Crippen LogP contribution is 2.53. The molecule has 228 valence electrons. The normalized spacial score (nSPS) is 22.5. The Balaban J connectivity index is 1.53. The molecule has 5 rings (SSSR count). The first-order chi connectivity index (χ1) is 20.8. The van der Waals surface area contributed by atoms with Crippen molar-refractivity contribution < 1.29 is 9.90 Å². The average Bonchev–Trinajstić information content (AvgIpc) is 3.49. The molecule has 2 bridgehead atoms. The Hall–Kier alpha value is -4.04. The number of allylic oxidation sites excluding steroid dienone is 2. The van der Waals surface area contributed by atoms with Crippen LogP contribution < -0.4 is 17.2 Å². The molecule has 0 radical (unpaired) electrons. The van der Waals surface area contributed by atoms with Crippen LogP contribution in [0.2, 0.25) is 0 Å². The van der Waals surface area contributed by atoms with Crippen molar-refractivity contribution in [2.75, 3.05) is 6.54 Å². The third kappa shape index (κ3) is 7.49. The highest BCUT2D eigenvalue weighted by atomic mass is 16.4. The van der Waals surface area contributed by atoms with Gasteiger partial charge in [0.2, 0.25) is 0 Å². The molecule has 1 heterocycles. The fourth-order valence-electron chi connectivity index (χ4n) is 7.18. The Labute approximate surface area is 254 Å². The number of H-pyrrole nitrogens is 1. The van der Waals surface area contributed by atoms with Gasteiger partial charge < -0.3 is 32.6 Å². The number of carbonyl (C=O) groups is 1. The quantitative estimate of drug-likeness (QED) is 0.0656. The van der Waals surface area contributed by atoms with Crippen LogP contribution >= 0.6 is 0 Å². The SMILES string of the molecule is CCCC[C@H](N)CC[C@@H]1C=C[C@@H]2Cc3cc4ccccc4cc3[C@H]1[C@@H]2C[C@@H]([N-]c1ccc[nH]1)/C(=C/C(=O)O)CN=C(N)N. The van der Waals surface area contributed by atoms with Gasteiger partial charge in [0.1, 0.15) is 0 Å². The maximum Gasteiger partial charge on any atom is 0.328 e. The van der Waals surface area contributed by atoms with Gasteiger partial charge in [0, 0.05) is 12.1 Å². The number of carboxylic acids is 1. The summed E-state index contributed by atoms with van der Waals surface area (Å²) in [7, 11) is 0. The summed E-state index contributed by atoms with van der Waals surface area (Å²) in [5, 5.41) is 17.3. The zero-order valence-electron chi connectivity index (χ0n) is 25.0. The molecule has 0 saturated heterocycles. The number of hydrogen-bond donors (Lipinski definition) is 5. The average molecular weight is 582 g/mol. The largest absolute Gasteiger partial charge is 0.478 e. The molecule has 1 aromatic heterocycles. The fraction of sp³-hybridized carbons (Fsp3) is 0.429. The Kier molecular flexibility index (Phi) is 9.87. The third-order valence-corrected chi connectivity index (χ3v) is 9.25. The number of aromatic nitrogens is 1. The summed E-state index contributed by atoms with van der Waals surface area (Å²) < 4.78 is 0. The molecular weight excluding hydrogens is 536 g/mol. The van der Waals surface area contributed by atoms with Gasteiger partial charge >= 0.3 is 5.97 Å². The second-order valence-electron chi connectivity index (χ2n) is 12.2. The predicted molar refractivity (Wildman–Crippen MR) is 175 cm³/mol. The van der Waals surface area contributed by atoms with Gasteiger partial charge in [-0.15, -0.1) is 0 Å². The summed E-state index contributed by atoms with van der Waals surface area (Å²) in [5.41, 5.74) is 21.3. The number of carboxylic acid groups (broad SMARTS) is 1. The molecule has 8 N–H and O–H groups in total. The Bertz CT molecular complexity index is 1470. The number of aliphatic imine (C=N–C) groups is 1. The van der Waals surface area contributed by atoms with Crippen molar-refractivity contribution in [3.8, 4) is 0 Å². The van der Waals surface area contributed by atoms with E-state index in [9.17, 15) is 9.90 Å². The summed E-state index contributed by atoms with van der Waals surface area (Å²) in [6.07, 6.45) is 14.9. The maximum atomic E-state index is 12.0. The minimum atomic E-state index is -1.04. The molecule has 0 spiro atoms. The molecule has 8 heteroatoms. The first-order valence-electron chi connectivity index (χ1n) is 15.6. The van der Waals surface area contributed by atoms with Crippen LogP contribution in [0.4, 0.5) is 5.82 Å². The van der Waals surface area contributed by atoms with Gasteiger partial charge in [0.05, 0.1) is 6.54 Å². The van der Waals surface area contributed by atoms with Crippen molar-refractivity contribution in [3.63, 3.8) is 0 Å². The first kappa shape index (κ1) is 30.4. The van der Waals surface area contributed by atoms with Gasteiger partial charge in [0.15, 0.2) is 5.96 Å². The van der Waals surface area contributed by atoms with Crippen LogP contribution in [0.25, 0.3) is 16.1 Å². The van der Waals surface area contributed by atoms with E-state index in [1.54, 1.807) is 0 Å². The van der Waals surface area contributed by atoms with E-state index in [1.165, 1.54) is 28.0 Å². The van der Waals surface area contributed by atoms with Crippen LogP contribution in [0.15, 0.2) is 83.5 Å². The monoisotopic (exact) mass is 581 g/mol. The van der Waals surface area contributed by atoms with E-state index in [-0.39, 0.29) is 30.4 Å². The smallest absolute Gasteiger partial charge is 0.328 e. The number of nitrogens with one attached hydrogen (secondary N) is 1. The van der Waals surface area contributed by atoms with Gasteiger partial charge in [-0.2, -0.15) is 0 Å². The number of aromatic amines is 1. The lowest BCUT2D eigenvalue weighted by Gasteiger charge is -2.47. The van der Waals surface area contributed by atoms with Gasteiger partial charge in [-0.3, -0.25) is 0 Å². The van der Waals surface area contributed by atoms with Crippen molar-refractivity contribution in [1.29, 1.82) is 0 Å². The minimum Gasteiger partial charge on any atom is -0.478 e. The number of hydrogen-bond acceptors (Lipinski definition) is 3. The lowest BCUT2D eigenvalue weighted by molar-refractivity contribution is -0.131. The number of fused-ring (bicyclic) bond motifs is 5. The molecule has 0 amide bonds. The number of benzene rings is 2. The molecule has 43 heavy (non-hydrogen) atoms. The number of guanidine groups is 1. The highest BCUT2D eigenvalue weighted by Gasteiger charge is 2.42. The fourth-order valence-corrected chi connectivity index (χ4v) is 7.18. The number of rotatable bonds is 14. The Morgan fingerprint density at radius 3 is 2.63 bits per heavy atom. The lowest BCUT2D eigenvalue weighted by Crippen LogP contribution is -2.38. The predicted octanol–water partition coefficient (Wildman–Crippen LogP) is 6.27. The van der Waals surface area contributed by atoms with E-state index in [0.717, 1.165) is 38.5 Å². The summed E-state index contributed by atoms with van der Waals surface area (Å²) in [6, 6.07) is 16.9. The van der Waals surface area contributed by atoms with Crippen molar-refractivity contribution in [2.24, 2.45) is 39.9 Å². The molecule has 2 aliphatic carbocycles.